The minimum Gasteiger partial charge on any atom is -0.377 e. The maximum Gasteiger partial charge on any atom is 0.271 e. The molecule has 0 spiro atoms. The molecule has 2 atom stereocenters. The molecule has 25 heavy (non-hydrogen) atoms. The van der Waals surface area contributed by atoms with Gasteiger partial charge in [0.15, 0.2) is 0 Å². The van der Waals surface area contributed by atoms with Crippen LogP contribution in [0.3, 0.4) is 0 Å². The van der Waals surface area contributed by atoms with Crippen molar-refractivity contribution >= 4 is 29.3 Å². The first-order chi connectivity index (χ1) is 12.0. The molecule has 10 heteroatoms. The second kappa shape index (κ2) is 7.24. The third kappa shape index (κ3) is 3.83. The van der Waals surface area contributed by atoms with E-state index in [1.807, 2.05) is 25.1 Å². The molecular weight excluding hydrogens is 346 g/mol. The Balaban J connectivity index is 1.77. The molecule has 2 aromatic heterocycles. The fourth-order valence-electron chi connectivity index (χ4n) is 2.70. The number of hydrogen-bond acceptors (Lipinski definition) is 8. The lowest BCUT2D eigenvalue weighted by Gasteiger charge is -2.19. The molecule has 1 aliphatic heterocycles. The molecule has 0 aliphatic carbocycles. The maximum absolute atomic E-state index is 11.6. The number of anilines is 3. The van der Waals surface area contributed by atoms with Crippen molar-refractivity contribution in [2.45, 2.75) is 12.1 Å². The summed E-state index contributed by atoms with van der Waals surface area (Å²) in [4.78, 5) is 31.1. The minimum absolute atomic E-state index is 0.0547. The molecule has 134 valence electrons. The first kappa shape index (κ1) is 17.4. The van der Waals surface area contributed by atoms with Crippen LogP contribution in [0.15, 0.2) is 23.3 Å². The van der Waals surface area contributed by atoms with Gasteiger partial charge in [0.2, 0.25) is 11.9 Å². The monoisotopic (exact) mass is 365 g/mol. The molecule has 0 unspecified atom stereocenters. The van der Waals surface area contributed by atoms with Gasteiger partial charge in [0.05, 0.1) is 18.3 Å². The number of ether oxygens (including phenoxy) is 1. The maximum atomic E-state index is 11.6. The molecule has 1 fully saturated rings. The van der Waals surface area contributed by atoms with Crippen molar-refractivity contribution in [3.8, 4) is 0 Å². The van der Waals surface area contributed by atoms with E-state index in [-0.39, 0.29) is 22.7 Å². The predicted molar refractivity (Wildman–Crippen MR) is 96.6 cm³/mol. The van der Waals surface area contributed by atoms with Gasteiger partial charge in [0.1, 0.15) is 10.8 Å². The van der Waals surface area contributed by atoms with Gasteiger partial charge >= 0.3 is 0 Å². The number of H-pyrrole nitrogens is 1. The molecule has 0 bridgehead atoms. The standard InChI is InChI=1S/C15H20ClN7O2/c1-22(2)15-17-5-4-12(20-15)23-7-10(11(8-23)25-3)19-14-18-6-9(16)13(24)21-14/h4-6,10-11H,7-8H2,1-3H3,(H2,18,19,21,24)/t10-,11+/m0/s1. The highest BCUT2D eigenvalue weighted by Crippen LogP contribution is 2.22. The lowest BCUT2D eigenvalue weighted by Crippen LogP contribution is -2.34. The van der Waals surface area contributed by atoms with E-state index in [9.17, 15) is 4.79 Å². The van der Waals surface area contributed by atoms with Gasteiger partial charge in [-0.25, -0.2) is 9.97 Å². The van der Waals surface area contributed by atoms with Crippen LogP contribution in [0, 0.1) is 0 Å². The van der Waals surface area contributed by atoms with Crippen LogP contribution < -0.4 is 20.7 Å². The molecule has 1 saturated heterocycles. The third-order valence-corrected chi connectivity index (χ3v) is 4.27. The summed E-state index contributed by atoms with van der Waals surface area (Å²) < 4.78 is 5.58. The fourth-order valence-corrected chi connectivity index (χ4v) is 2.79. The van der Waals surface area contributed by atoms with Crippen LogP contribution in [-0.4, -0.2) is 66.4 Å². The van der Waals surface area contributed by atoms with Crippen LogP contribution >= 0.6 is 11.6 Å². The zero-order valence-electron chi connectivity index (χ0n) is 14.2. The third-order valence-electron chi connectivity index (χ3n) is 4.00. The highest BCUT2D eigenvalue weighted by atomic mass is 35.5. The summed E-state index contributed by atoms with van der Waals surface area (Å²) >= 11 is 5.71. The van der Waals surface area contributed by atoms with Gasteiger partial charge in [-0.1, -0.05) is 11.6 Å². The number of aromatic nitrogens is 4. The van der Waals surface area contributed by atoms with Gasteiger partial charge in [-0.3, -0.25) is 9.78 Å². The van der Waals surface area contributed by atoms with E-state index in [2.05, 4.69) is 30.2 Å². The number of nitrogens with one attached hydrogen (secondary N) is 2. The van der Waals surface area contributed by atoms with Crippen molar-refractivity contribution in [1.29, 1.82) is 0 Å². The number of hydrogen-bond donors (Lipinski definition) is 2. The molecule has 0 radical (unpaired) electrons. The summed E-state index contributed by atoms with van der Waals surface area (Å²) in [6, 6.07) is 1.80. The highest BCUT2D eigenvalue weighted by Gasteiger charge is 2.34. The van der Waals surface area contributed by atoms with Crippen molar-refractivity contribution in [3.05, 3.63) is 33.8 Å². The van der Waals surface area contributed by atoms with Crippen molar-refractivity contribution in [2.75, 3.05) is 49.4 Å². The highest BCUT2D eigenvalue weighted by molar-refractivity contribution is 6.30. The number of halogens is 1. The summed E-state index contributed by atoms with van der Waals surface area (Å²) in [5, 5.41) is 3.26. The Morgan fingerprint density at radius 3 is 2.88 bits per heavy atom. The van der Waals surface area contributed by atoms with E-state index in [0.717, 1.165) is 5.82 Å². The van der Waals surface area contributed by atoms with Gasteiger partial charge < -0.3 is 19.9 Å². The topological polar surface area (TPSA) is 99.3 Å². The van der Waals surface area contributed by atoms with Gasteiger partial charge in [-0.15, -0.1) is 0 Å². The second-order valence-electron chi connectivity index (χ2n) is 5.95. The molecule has 9 nitrogen and oxygen atoms in total. The normalized spacial score (nSPS) is 19.9. The minimum atomic E-state index is -0.380. The zero-order valence-corrected chi connectivity index (χ0v) is 15.0. The Hall–Kier alpha value is -2.39. The van der Waals surface area contributed by atoms with Gasteiger partial charge in [0, 0.05) is 40.5 Å². The summed E-state index contributed by atoms with van der Waals surface area (Å²) in [7, 11) is 5.45. The van der Waals surface area contributed by atoms with Crippen molar-refractivity contribution in [3.63, 3.8) is 0 Å². The lowest BCUT2D eigenvalue weighted by atomic mass is 10.2. The molecule has 2 N–H and O–H groups in total. The molecule has 0 saturated carbocycles. The quantitative estimate of drug-likeness (QED) is 0.794. The SMILES string of the molecule is CO[C@@H]1CN(c2ccnc(N(C)C)n2)C[C@@H]1Nc1ncc(Cl)c(=O)[nH]1. The largest absolute Gasteiger partial charge is 0.377 e. The van der Waals surface area contributed by atoms with Crippen LogP contribution in [0.2, 0.25) is 5.02 Å². The van der Waals surface area contributed by atoms with Crippen LogP contribution in [0.1, 0.15) is 0 Å². The molecule has 1 aliphatic rings. The molecule has 0 aromatic carbocycles. The van der Waals surface area contributed by atoms with E-state index >= 15 is 0 Å². The molecule has 2 aromatic rings. The zero-order chi connectivity index (χ0) is 18.0. The van der Waals surface area contributed by atoms with E-state index in [0.29, 0.717) is 25.0 Å². The first-order valence-electron chi connectivity index (χ1n) is 7.77. The lowest BCUT2D eigenvalue weighted by molar-refractivity contribution is 0.112. The smallest absolute Gasteiger partial charge is 0.271 e. The number of aromatic amines is 1. The Morgan fingerprint density at radius 1 is 1.40 bits per heavy atom. The first-order valence-corrected chi connectivity index (χ1v) is 8.15. The van der Waals surface area contributed by atoms with Gasteiger partial charge in [0.25, 0.3) is 5.56 Å². The Kier molecular flexibility index (Phi) is 5.05. The summed E-state index contributed by atoms with van der Waals surface area (Å²) in [5.41, 5.74) is -0.380. The average molecular weight is 366 g/mol. The number of rotatable bonds is 5. The number of nitrogens with zero attached hydrogens (tertiary/aromatic N) is 5. The van der Waals surface area contributed by atoms with Crippen LogP contribution in [-0.2, 0) is 4.74 Å². The van der Waals surface area contributed by atoms with Crippen molar-refractivity contribution < 1.29 is 4.74 Å². The van der Waals surface area contributed by atoms with Crippen LogP contribution in [0.4, 0.5) is 17.7 Å². The van der Waals surface area contributed by atoms with Crippen LogP contribution in [0.5, 0.6) is 0 Å². The van der Waals surface area contributed by atoms with E-state index in [1.165, 1.54) is 6.20 Å². The average Bonchev–Trinajstić information content (AvgIpc) is 3.01. The summed E-state index contributed by atoms with van der Waals surface area (Å²) in [6.45, 7) is 1.31. The Bertz CT molecular complexity index is 797. The molecule has 3 rings (SSSR count). The van der Waals surface area contributed by atoms with E-state index < -0.39 is 0 Å². The van der Waals surface area contributed by atoms with E-state index in [1.54, 1.807) is 13.3 Å². The second-order valence-corrected chi connectivity index (χ2v) is 6.36. The molecule has 0 amide bonds. The van der Waals surface area contributed by atoms with Gasteiger partial charge in [-0.2, -0.15) is 4.98 Å². The molecular formula is C15H20ClN7O2. The summed E-state index contributed by atoms with van der Waals surface area (Å²) in [6.07, 6.45) is 2.97. The summed E-state index contributed by atoms with van der Waals surface area (Å²) in [5.74, 6) is 1.83. The van der Waals surface area contributed by atoms with Crippen LogP contribution in [0.25, 0.3) is 0 Å². The van der Waals surface area contributed by atoms with E-state index in [4.69, 9.17) is 16.3 Å². The Morgan fingerprint density at radius 2 is 2.20 bits per heavy atom. The fraction of sp³-hybridized carbons (Fsp3) is 0.467. The van der Waals surface area contributed by atoms with Gasteiger partial charge in [-0.05, 0) is 6.07 Å². The predicted octanol–water partition coefficient (Wildman–Crippen LogP) is 0.595. The number of methoxy groups -OCH3 is 1. The van der Waals surface area contributed by atoms with Crippen molar-refractivity contribution in [2.24, 2.45) is 0 Å². The molecule has 3 heterocycles. The van der Waals surface area contributed by atoms with Crippen molar-refractivity contribution in [1.82, 2.24) is 19.9 Å². The Labute approximate surface area is 150 Å².